The smallest absolute Gasteiger partial charge is 0.274 e. The number of rotatable bonds is 7. The molecule has 3 aromatic rings. The van der Waals surface area contributed by atoms with E-state index in [0.717, 1.165) is 25.7 Å². The molecule has 5 rings (SSSR count). The van der Waals surface area contributed by atoms with Gasteiger partial charge in [0.2, 0.25) is 0 Å². The van der Waals surface area contributed by atoms with Gasteiger partial charge in [0.05, 0.1) is 18.3 Å². The lowest BCUT2D eigenvalue weighted by molar-refractivity contribution is 0.0525. The second kappa shape index (κ2) is 9.65. The number of fused-ring (bicyclic) bond motifs is 1. The third-order valence-corrected chi connectivity index (χ3v) is 7.04. The molecular weight excluding hydrogens is 453 g/mol. The van der Waals surface area contributed by atoms with E-state index in [9.17, 15) is 14.0 Å². The Labute approximate surface area is 201 Å². The topological polar surface area (TPSA) is 115 Å². The van der Waals surface area contributed by atoms with E-state index in [1.54, 1.807) is 30.9 Å². The van der Waals surface area contributed by atoms with Gasteiger partial charge in [-0.3, -0.25) is 9.59 Å². The molecule has 2 fully saturated rings. The zero-order valence-corrected chi connectivity index (χ0v) is 19.8. The number of carbonyl (C=O) groups is 1. The molecule has 10 nitrogen and oxygen atoms in total. The minimum absolute atomic E-state index is 0.0715. The number of methoxy groups -OCH3 is 1. The molecule has 1 unspecified atom stereocenters. The summed E-state index contributed by atoms with van der Waals surface area (Å²) >= 11 is 0. The summed E-state index contributed by atoms with van der Waals surface area (Å²) in [6.45, 7) is 0. The molecule has 3 aromatic heterocycles. The van der Waals surface area contributed by atoms with E-state index in [0.29, 0.717) is 35.8 Å². The average molecular weight is 484 g/mol. The van der Waals surface area contributed by atoms with Crippen LogP contribution in [-0.4, -0.2) is 57.5 Å². The Balaban J connectivity index is 1.44. The Morgan fingerprint density at radius 3 is 2.83 bits per heavy atom. The number of anilines is 3. The first-order valence-electron chi connectivity index (χ1n) is 12.0. The van der Waals surface area contributed by atoms with Crippen molar-refractivity contribution in [3.63, 3.8) is 0 Å². The molecule has 4 atom stereocenters. The Hall–Kier alpha value is -3.47. The van der Waals surface area contributed by atoms with Crippen LogP contribution >= 0.6 is 0 Å². The van der Waals surface area contributed by atoms with Crippen LogP contribution in [0.2, 0.25) is 0 Å². The molecule has 3 heterocycles. The highest BCUT2D eigenvalue weighted by Gasteiger charge is 2.33. The lowest BCUT2D eigenvalue weighted by atomic mass is 9.90. The second-order valence-corrected chi connectivity index (χ2v) is 9.18. The van der Waals surface area contributed by atoms with Gasteiger partial charge in [0, 0.05) is 32.5 Å². The molecule has 0 aromatic carbocycles. The number of aromatic nitrogens is 4. The highest BCUT2D eigenvalue weighted by atomic mass is 19.1. The van der Waals surface area contributed by atoms with Crippen LogP contribution in [0.25, 0.3) is 5.65 Å². The second-order valence-electron chi connectivity index (χ2n) is 9.18. The average Bonchev–Trinajstić information content (AvgIpc) is 3.31. The van der Waals surface area contributed by atoms with Crippen molar-refractivity contribution in [1.29, 1.82) is 0 Å². The molecular formula is C24H30FN7O3. The fraction of sp³-hybridized carbons (Fsp3) is 0.500. The minimum atomic E-state index is -1.03. The molecule has 0 aliphatic heterocycles. The van der Waals surface area contributed by atoms with Gasteiger partial charge < -0.3 is 25.3 Å². The maximum atomic E-state index is 13.7. The van der Waals surface area contributed by atoms with Gasteiger partial charge in [0.15, 0.2) is 5.65 Å². The third kappa shape index (κ3) is 4.47. The Kier molecular flexibility index (Phi) is 6.42. The first kappa shape index (κ1) is 23.3. The summed E-state index contributed by atoms with van der Waals surface area (Å²) in [6, 6.07) is 4.85. The van der Waals surface area contributed by atoms with Crippen molar-refractivity contribution in [2.24, 2.45) is 0 Å². The number of nitrogens with zero attached hydrogens (tertiary/aromatic N) is 4. The van der Waals surface area contributed by atoms with Crippen molar-refractivity contribution in [2.75, 3.05) is 24.8 Å². The molecule has 0 bridgehead atoms. The van der Waals surface area contributed by atoms with Gasteiger partial charge in [-0.25, -0.2) is 9.37 Å². The van der Waals surface area contributed by atoms with E-state index >= 15 is 0 Å². The van der Waals surface area contributed by atoms with Crippen molar-refractivity contribution in [3.8, 4) is 0 Å². The van der Waals surface area contributed by atoms with E-state index < -0.39 is 18.1 Å². The Bertz CT molecular complexity index is 1290. The monoisotopic (exact) mass is 483 g/mol. The molecule has 35 heavy (non-hydrogen) atoms. The zero-order chi connectivity index (χ0) is 24.5. The highest BCUT2D eigenvalue weighted by Crippen LogP contribution is 2.29. The van der Waals surface area contributed by atoms with Crippen molar-refractivity contribution in [2.45, 2.75) is 62.9 Å². The largest absolute Gasteiger partial charge is 0.381 e. The van der Waals surface area contributed by atoms with E-state index in [2.05, 4.69) is 26.0 Å². The van der Waals surface area contributed by atoms with Crippen LogP contribution in [0.1, 0.15) is 54.9 Å². The van der Waals surface area contributed by atoms with Gasteiger partial charge in [0.25, 0.3) is 11.5 Å². The van der Waals surface area contributed by atoms with E-state index in [4.69, 9.17) is 4.74 Å². The molecule has 2 aliphatic rings. The van der Waals surface area contributed by atoms with Gasteiger partial charge in [0.1, 0.15) is 29.1 Å². The predicted octanol–water partition coefficient (Wildman–Crippen LogP) is 3.04. The zero-order valence-electron chi connectivity index (χ0n) is 19.8. The quantitative estimate of drug-likeness (QED) is 0.473. The normalized spacial score (nSPS) is 24.1. The molecule has 0 radical (unpaired) electrons. The predicted molar refractivity (Wildman–Crippen MR) is 130 cm³/mol. The minimum Gasteiger partial charge on any atom is -0.381 e. The van der Waals surface area contributed by atoms with Crippen LogP contribution in [0.5, 0.6) is 0 Å². The van der Waals surface area contributed by atoms with Crippen LogP contribution in [0, 0.1) is 0 Å². The van der Waals surface area contributed by atoms with Crippen LogP contribution in [0.15, 0.2) is 35.4 Å². The number of alkyl halides is 1. The number of carbonyl (C=O) groups excluding carboxylic acids is 1. The van der Waals surface area contributed by atoms with Crippen LogP contribution < -0.4 is 21.5 Å². The Morgan fingerprint density at radius 2 is 2.11 bits per heavy atom. The molecule has 186 valence electrons. The fourth-order valence-corrected chi connectivity index (χ4v) is 4.85. The number of pyridine rings is 1. The highest BCUT2D eigenvalue weighted by molar-refractivity contribution is 6.00. The SMILES string of the molecule is CNc1cc(Nc2cccn([C@H]3CCC[C@H](OC)C3)c2=O)nc2c(C(=O)NC3CC[C@H]3F)cnn12. The van der Waals surface area contributed by atoms with E-state index in [1.807, 2.05) is 12.3 Å². The molecule has 2 saturated carbocycles. The summed E-state index contributed by atoms with van der Waals surface area (Å²) in [4.78, 5) is 30.7. The summed E-state index contributed by atoms with van der Waals surface area (Å²) in [5, 5.41) is 13.1. The van der Waals surface area contributed by atoms with Crippen LogP contribution in [0.4, 0.5) is 21.7 Å². The third-order valence-electron chi connectivity index (χ3n) is 7.04. The van der Waals surface area contributed by atoms with Gasteiger partial charge in [-0.05, 0) is 50.7 Å². The number of halogens is 1. The molecule has 11 heteroatoms. The summed E-state index contributed by atoms with van der Waals surface area (Å²) in [7, 11) is 3.44. The summed E-state index contributed by atoms with van der Waals surface area (Å²) < 4.78 is 22.5. The maximum Gasteiger partial charge on any atom is 0.274 e. The van der Waals surface area contributed by atoms with Gasteiger partial charge in [-0.2, -0.15) is 9.61 Å². The number of hydrogen-bond acceptors (Lipinski definition) is 7. The lowest BCUT2D eigenvalue weighted by Crippen LogP contribution is -2.48. The molecule has 2 aliphatic carbocycles. The van der Waals surface area contributed by atoms with E-state index in [1.165, 1.54) is 10.7 Å². The first-order chi connectivity index (χ1) is 17.0. The van der Waals surface area contributed by atoms with Crippen molar-refractivity contribution in [1.82, 2.24) is 24.5 Å². The standard InChI is InChI=1S/C24H30FN7O3/c1-26-21-12-20(30-22-16(13-27-32(21)22)23(33)29-18-9-8-17(18)25)28-19-7-4-10-31(24(19)34)14-5-3-6-15(11-14)35-2/h4,7,10,12-15,17-18,26H,3,5-6,8-9,11H2,1-2H3,(H,28,30)(H,29,33)/t14-,15-,17+,18?/m0/s1. The first-order valence-corrected chi connectivity index (χ1v) is 12.0. The number of amides is 1. The van der Waals surface area contributed by atoms with Crippen LogP contribution in [0.3, 0.4) is 0 Å². The Morgan fingerprint density at radius 1 is 1.26 bits per heavy atom. The fourth-order valence-electron chi connectivity index (χ4n) is 4.85. The van der Waals surface area contributed by atoms with Crippen molar-refractivity contribution in [3.05, 3.63) is 46.5 Å². The molecule has 1 amide bonds. The van der Waals surface area contributed by atoms with Gasteiger partial charge in [-0.15, -0.1) is 0 Å². The van der Waals surface area contributed by atoms with Crippen molar-refractivity contribution < 1.29 is 13.9 Å². The number of nitrogens with one attached hydrogen (secondary N) is 3. The maximum absolute atomic E-state index is 13.7. The molecule has 0 spiro atoms. The lowest BCUT2D eigenvalue weighted by Gasteiger charge is -2.30. The molecule has 0 saturated heterocycles. The van der Waals surface area contributed by atoms with Crippen LogP contribution in [-0.2, 0) is 4.74 Å². The summed E-state index contributed by atoms with van der Waals surface area (Å²) in [5.41, 5.74) is 0.777. The van der Waals surface area contributed by atoms with Gasteiger partial charge >= 0.3 is 0 Å². The summed E-state index contributed by atoms with van der Waals surface area (Å²) in [5.74, 6) is 0.540. The molecule has 3 N–H and O–H groups in total. The number of hydrogen-bond donors (Lipinski definition) is 3. The van der Waals surface area contributed by atoms with Crippen molar-refractivity contribution >= 4 is 28.9 Å². The number of ether oxygens (including phenoxy) is 1. The summed E-state index contributed by atoms with van der Waals surface area (Å²) in [6.07, 6.45) is 7.15. The van der Waals surface area contributed by atoms with E-state index in [-0.39, 0.29) is 23.3 Å². The van der Waals surface area contributed by atoms with Gasteiger partial charge in [-0.1, -0.05) is 0 Å².